The number of rotatable bonds is 7. The minimum Gasteiger partial charge on any atom is -0.340 e. The van der Waals surface area contributed by atoms with Gasteiger partial charge in [-0.15, -0.1) is 10.2 Å². The highest BCUT2D eigenvalue weighted by molar-refractivity contribution is 7.98. The number of anilines is 1. The molecule has 1 aromatic carbocycles. The number of benzene rings is 1. The number of hydrogen-bond acceptors (Lipinski definition) is 6. The Morgan fingerprint density at radius 1 is 1.25 bits per heavy atom. The molecule has 1 unspecified atom stereocenters. The Bertz CT molecular complexity index is 852. The first-order valence-corrected chi connectivity index (χ1v) is 11.5. The average Bonchev–Trinajstić information content (AvgIpc) is 3.07. The van der Waals surface area contributed by atoms with Crippen molar-refractivity contribution in [3.63, 3.8) is 0 Å². The third-order valence-corrected chi connectivity index (χ3v) is 6.16. The van der Waals surface area contributed by atoms with Crippen LogP contribution in [0.25, 0.3) is 0 Å². The van der Waals surface area contributed by atoms with Crippen LogP contribution in [0.5, 0.6) is 0 Å². The molecule has 0 aliphatic heterocycles. The molecule has 0 spiro atoms. The number of nitrogens with zero attached hydrogens (tertiary/aromatic N) is 2. The quantitative estimate of drug-likeness (QED) is 0.628. The third kappa shape index (κ3) is 6.34. The molecule has 2 aromatic rings. The van der Waals surface area contributed by atoms with Crippen molar-refractivity contribution >= 4 is 63.2 Å². The van der Waals surface area contributed by atoms with Gasteiger partial charge in [-0.3, -0.25) is 14.9 Å². The van der Waals surface area contributed by atoms with E-state index >= 15 is 0 Å². The van der Waals surface area contributed by atoms with Crippen LogP contribution in [0.15, 0.2) is 18.2 Å². The Morgan fingerprint density at radius 3 is 2.54 bits per heavy atom. The highest BCUT2D eigenvalue weighted by Gasteiger charge is 2.25. The Hall–Kier alpha value is -1.35. The summed E-state index contributed by atoms with van der Waals surface area (Å²) in [5.74, 6) is -0.0737. The van der Waals surface area contributed by atoms with Crippen LogP contribution in [0, 0.1) is 0 Å². The summed E-state index contributed by atoms with van der Waals surface area (Å²) in [6.45, 7) is 6.07. The van der Waals surface area contributed by atoms with E-state index in [1.165, 1.54) is 23.5 Å². The third-order valence-electron chi connectivity index (χ3n) is 3.70. The molecular formula is C18H22Cl2N4O2S2. The van der Waals surface area contributed by atoms with Crippen molar-refractivity contribution in [2.24, 2.45) is 0 Å². The summed E-state index contributed by atoms with van der Waals surface area (Å²) < 4.78 is 0. The van der Waals surface area contributed by atoms with Crippen molar-refractivity contribution in [1.82, 2.24) is 15.5 Å². The van der Waals surface area contributed by atoms with Crippen LogP contribution in [0.2, 0.25) is 10.0 Å². The molecule has 2 N–H and O–H groups in total. The zero-order chi connectivity index (χ0) is 20.9. The fraction of sp³-hybridized carbons (Fsp3) is 0.444. The lowest BCUT2D eigenvalue weighted by Gasteiger charge is -2.18. The van der Waals surface area contributed by atoms with Gasteiger partial charge in [0.25, 0.3) is 5.91 Å². The van der Waals surface area contributed by atoms with Gasteiger partial charge in [0.1, 0.15) is 11.0 Å². The molecule has 2 amide bonds. The van der Waals surface area contributed by atoms with Gasteiger partial charge in [-0.2, -0.15) is 11.8 Å². The van der Waals surface area contributed by atoms with Crippen molar-refractivity contribution in [3.05, 3.63) is 38.8 Å². The fourth-order valence-corrected chi connectivity index (χ4v) is 3.95. The largest absolute Gasteiger partial charge is 0.340 e. The number of hydrogen-bond donors (Lipinski definition) is 2. The first kappa shape index (κ1) is 22.9. The number of carbonyl (C=O) groups excluding carboxylic acids is 2. The first-order chi connectivity index (χ1) is 13.1. The number of aromatic nitrogens is 2. The highest BCUT2D eigenvalue weighted by atomic mass is 35.5. The molecule has 152 valence electrons. The molecule has 1 aromatic heterocycles. The van der Waals surface area contributed by atoms with Crippen molar-refractivity contribution in [3.8, 4) is 0 Å². The second kappa shape index (κ2) is 9.91. The summed E-state index contributed by atoms with van der Waals surface area (Å²) >= 11 is 14.9. The topological polar surface area (TPSA) is 84.0 Å². The van der Waals surface area contributed by atoms with Gasteiger partial charge in [-0.25, -0.2) is 0 Å². The molecule has 2 rings (SSSR count). The van der Waals surface area contributed by atoms with E-state index in [0.717, 1.165) is 5.01 Å². The van der Waals surface area contributed by atoms with E-state index in [1.807, 2.05) is 27.0 Å². The highest BCUT2D eigenvalue weighted by Crippen LogP contribution is 2.28. The normalized spacial score (nSPS) is 12.5. The Morgan fingerprint density at radius 2 is 1.96 bits per heavy atom. The van der Waals surface area contributed by atoms with Crippen LogP contribution in [-0.2, 0) is 10.2 Å². The summed E-state index contributed by atoms with van der Waals surface area (Å²) in [5, 5.41) is 15.5. The van der Waals surface area contributed by atoms with Gasteiger partial charge >= 0.3 is 0 Å². The molecule has 10 heteroatoms. The molecule has 6 nitrogen and oxygen atoms in total. The number of carbonyl (C=O) groups is 2. The van der Waals surface area contributed by atoms with Crippen molar-refractivity contribution in [2.75, 3.05) is 17.3 Å². The van der Waals surface area contributed by atoms with Crippen LogP contribution in [0.1, 0.15) is 42.6 Å². The molecule has 0 fully saturated rings. The van der Waals surface area contributed by atoms with E-state index in [4.69, 9.17) is 23.2 Å². The molecule has 1 atom stereocenters. The predicted molar refractivity (Wildman–Crippen MR) is 118 cm³/mol. The van der Waals surface area contributed by atoms with E-state index < -0.39 is 11.9 Å². The standard InChI is InChI=1S/C18H22Cl2N4O2S2/c1-18(2,3)16-23-24-17(28-16)22-15(26)13(7-8-27-4)21-14(25)11-6-5-10(19)9-12(11)20/h5-6,9,13H,7-8H2,1-4H3,(H,21,25)(H,22,24,26). The van der Waals surface area contributed by atoms with E-state index in [0.29, 0.717) is 22.3 Å². The maximum Gasteiger partial charge on any atom is 0.253 e. The maximum atomic E-state index is 12.7. The van der Waals surface area contributed by atoms with Crippen molar-refractivity contribution < 1.29 is 9.59 Å². The molecule has 1 heterocycles. The molecule has 0 aliphatic rings. The lowest BCUT2D eigenvalue weighted by molar-refractivity contribution is -0.118. The van der Waals surface area contributed by atoms with Gasteiger partial charge in [-0.1, -0.05) is 55.3 Å². The second-order valence-corrected chi connectivity index (χ2v) is 9.89. The average molecular weight is 461 g/mol. The van der Waals surface area contributed by atoms with Gasteiger partial charge in [0.15, 0.2) is 0 Å². The first-order valence-electron chi connectivity index (χ1n) is 8.51. The number of thioether (sulfide) groups is 1. The molecule has 0 radical (unpaired) electrons. The van der Waals surface area contributed by atoms with Crippen molar-refractivity contribution in [2.45, 2.75) is 38.6 Å². The lowest BCUT2D eigenvalue weighted by Crippen LogP contribution is -2.44. The monoisotopic (exact) mass is 460 g/mol. The van der Waals surface area contributed by atoms with Crippen LogP contribution < -0.4 is 10.6 Å². The lowest BCUT2D eigenvalue weighted by atomic mass is 9.98. The summed E-state index contributed by atoms with van der Waals surface area (Å²) in [6.07, 6.45) is 2.40. The van der Waals surface area contributed by atoms with E-state index in [2.05, 4.69) is 20.8 Å². The van der Waals surface area contributed by atoms with Gasteiger partial charge in [0.2, 0.25) is 11.0 Å². The second-order valence-electron chi connectivity index (χ2n) is 7.08. The smallest absolute Gasteiger partial charge is 0.253 e. The van der Waals surface area contributed by atoms with Gasteiger partial charge in [0.05, 0.1) is 10.6 Å². The van der Waals surface area contributed by atoms with Crippen LogP contribution >= 0.6 is 46.3 Å². The zero-order valence-corrected chi connectivity index (χ0v) is 19.2. The fourth-order valence-electron chi connectivity index (χ4n) is 2.18. The van der Waals surface area contributed by atoms with Gasteiger partial charge < -0.3 is 5.32 Å². The number of amides is 2. The number of halogens is 2. The summed E-state index contributed by atoms with van der Waals surface area (Å²) in [7, 11) is 0. The minimum absolute atomic E-state index is 0.154. The molecule has 0 saturated heterocycles. The summed E-state index contributed by atoms with van der Waals surface area (Å²) in [5.41, 5.74) is 0.109. The summed E-state index contributed by atoms with van der Waals surface area (Å²) in [6, 6.07) is 3.87. The van der Waals surface area contributed by atoms with Crippen LogP contribution in [0.3, 0.4) is 0 Å². The summed E-state index contributed by atoms with van der Waals surface area (Å²) in [4.78, 5) is 25.3. The maximum absolute atomic E-state index is 12.7. The molecule has 28 heavy (non-hydrogen) atoms. The van der Waals surface area contributed by atoms with E-state index in [-0.39, 0.29) is 21.9 Å². The van der Waals surface area contributed by atoms with Crippen LogP contribution in [0.4, 0.5) is 5.13 Å². The predicted octanol–water partition coefficient (Wildman–Crippen LogP) is 4.63. The van der Waals surface area contributed by atoms with E-state index in [1.54, 1.807) is 17.8 Å². The molecule has 0 bridgehead atoms. The van der Waals surface area contributed by atoms with E-state index in [9.17, 15) is 9.59 Å². The van der Waals surface area contributed by atoms with Crippen LogP contribution in [-0.4, -0.2) is 40.1 Å². The Balaban J connectivity index is 2.12. The van der Waals surface area contributed by atoms with Crippen molar-refractivity contribution in [1.29, 1.82) is 0 Å². The zero-order valence-electron chi connectivity index (χ0n) is 16.0. The van der Waals surface area contributed by atoms with Gasteiger partial charge in [0, 0.05) is 10.4 Å². The molecule has 0 aliphatic carbocycles. The SMILES string of the molecule is CSCCC(NC(=O)c1ccc(Cl)cc1Cl)C(=O)Nc1nnc(C(C)(C)C)s1. The Labute approximate surface area is 182 Å². The minimum atomic E-state index is -0.728. The number of nitrogens with one attached hydrogen (secondary N) is 2. The molecule has 0 saturated carbocycles. The molecular weight excluding hydrogens is 439 g/mol. The Kier molecular flexibility index (Phi) is 8.12. The van der Waals surface area contributed by atoms with Gasteiger partial charge in [-0.05, 0) is 36.6 Å².